The quantitative estimate of drug-likeness (QED) is 0.687. The largest absolute Gasteiger partial charge is 0.477 e. The first-order chi connectivity index (χ1) is 9.40. The lowest BCUT2D eigenvalue weighted by atomic mass is 10.2. The molecule has 0 spiro atoms. The summed E-state index contributed by atoms with van der Waals surface area (Å²) in [6.07, 6.45) is 3.15. The van der Waals surface area contributed by atoms with Gasteiger partial charge in [0.2, 0.25) is 0 Å². The minimum absolute atomic E-state index is 0.0395. The van der Waals surface area contributed by atoms with Gasteiger partial charge in [-0.05, 0) is 17.8 Å². The van der Waals surface area contributed by atoms with E-state index in [0.29, 0.717) is 11.2 Å². The third-order valence-corrected chi connectivity index (χ3v) is 3.56. The number of hydrogen-bond donors (Lipinski definition) is 1. The molecular formula is C11H8FN3O4S. The topological polar surface area (TPSA) is 98.3 Å². The number of benzene rings is 1. The number of imidazole rings is 1. The Labute approximate surface area is 116 Å². The van der Waals surface area contributed by atoms with Gasteiger partial charge in [0.15, 0.2) is 5.16 Å². The molecule has 1 heterocycles. The van der Waals surface area contributed by atoms with Gasteiger partial charge in [0, 0.05) is 19.4 Å². The van der Waals surface area contributed by atoms with E-state index in [1.807, 2.05) is 0 Å². The summed E-state index contributed by atoms with van der Waals surface area (Å²) in [5, 5.41) is 20.1. The maximum absolute atomic E-state index is 13.8. The Morgan fingerprint density at radius 2 is 2.25 bits per heavy atom. The lowest BCUT2D eigenvalue weighted by Crippen LogP contribution is -2.04. The van der Waals surface area contributed by atoms with Gasteiger partial charge in [-0.25, -0.2) is 14.2 Å². The van der Waals surface area contributed by atoms with Crippen molar-refractivity contribution < 1.29 is 19.2 Å². The Morgan fingerprint density at radius 3 is 2.75 bits per heavy atom. The van der Waals surface area contributed by atoms with Gasteiger partial charge in [-0.1, -0.05) is 0 Å². The van der Waals surface area contributed by atoms with Crippen LogP contribution >= 0.6 is 11.8 Å². The van der Waals surface area contributed by atoms with Crippen LogP contribution in [0, 0.1) is 15.9 Å². The van der Waals surface area contributed by atoms with Crippen molar-refractivity contribution in [3.05, 3.63) is 46.0 Å². The third-order valence-electron chi connectivity index (χ3n) is 2.46. The average molecular weight is 297 g/mol. The zero-order valence-electron chi connectivity index (χ0n) is 10.1. The summed E-state index contributed by atoms with van der Waals surface area (Å²) >= 11 is 0.890. The SMILES string of the molecule is Cn1ccnc1Sc1cc(C(=O)O)c([N+](=O)[O-])cc1F. The minimum atomic E-state index is -1.49. The van der Waals surface area contributed by atoms with Gasteiger partial charge in [0.05, 0.1) is 15.9 Å². The molecule has 9 heteroatoms. The Kier molecular flexibility index (Phi) is 3.70. The highest BCUT2D eigenvalue weighted by Gasteiger charge is 2.24. The van der Waals surface area contributed by atoms with Crippen LogP contribution < -0.4 is 0 Å². The molecule has 0 aliphatic heterocycles. The second-order valence-corrected chi connectivity index (χ2v) is 4.79. The highest BCUT2D eigenvalue weighted by atomic mass is 32.2. The molecule has 0 fully saturated rings. The van der Waals surface area contributed by atoms with Crippen molar-refractivity contribution in [3.63, 3.8) is 0 Å². The van der Waals surface area contributed by atoms with E-state index in [2.05, 4.69) is 4.98 Å². The van der Waals surface area contributed by atoms with Crippen molar-refractivity contribution in [3.8, 4) is 0 Å². The van der Waals surface area contributed by atoms with Gasteiger partial charge < -0.3 is 9.67 Å². The highest BCUT2D eigenvalue weighted by Crippen LogP contribution is 2.32. The van der Waals surface area contributed by atoms with Crippen LogP contribution in [0.3, 0.4) is 0 Å². The molecule has 0 atom stereocenters. The lowest BCUT2D eigenvalue weighted by molar-refractivity contribution is -0.385. The van der Waals surface area contributed by atoms with Gasteiger partial charge in [-0.15, -0.1) is 0 Å². The number of carbonyl (C=O) groups is 1. The molecule has 0 aliphatic carbocycles. The number of aromatic nitrogens is 2. The van der Waals surface area contributed by atoms with E-state index in [4.69, 9.17) is 5.11 Å². The summed E-state index contributed by atoms with van der Waals surface area (Å²) in [6.45, 7) is 0. The number of nitro groups is 1. The predicted octanol–water partition coefficient (Wildman–Crippen LogP) is 2.32. The molecule has 0 unspecified atom stereocenters. The van der Waals surface area contributed by atoms with Crippen LogP contribution in [0.1, 0.15) is 10.4 Å². The number of rotatable bonds is 4. The van der Waals surface area contributed by atoms with Crippen LogP contribution in [0.4, 0.5) is 10.1 Å². The monoisotopic (exact) mass is 297 g/mol. The highest BCUT2D eigenvalue weighted by molar-refractivity contribution is 7.99. The molecule has 7 nitrogen and oxygen atoms in total. The molecule has 0 amide bonds. The maximum atomic E-state index is 13.8. The maximum Gasteiger partial charge on any atom is 0.342 e. The van der Waals surface area contributed by atoms with Crippen molar-refractivity contribution in [2.24, 2.45) is 7.05 Å². The van der Waals surface area contributed by atoms with Gasteiger partial charge in [0.25, 0.3) is 5.69 Å². The second-order valence-electron chi connectivity index (χ2n) is 3.78. The molecule has 2 rings (SSSR count). The number of hydrogen-bond acceptors (Lipinski definition) is 5. The number of aromatic carboxylic acids is 1. The first-order valence-corrected chi connectivity index (χ1v) is 6.08. The summed E-state index contributed by atoms with van der Waals surface area (Å²) < 4.78 is 15.4. The Morgan fingerprint density at radius 1 is 1.55 bits per heavy atom. The number of carboxylic acids is 1. The molecule has 2 aromatic rings. The molecular weight excluding hydrogens is 289 g/mol. The number of nitrogens with zero attached hydrogens (tertiary/aromatic N) is 3. The summed E-state index contributed by atoms with van der Waals surface area (Å²) in [6, 6.07) is 1.55. The van der Waals surface area contributed by atoms with E-state index in [1.54, 1.807) is 17.8 Å². The van der Waals surface area contributed by atoms with Crippen LogP contribution in [-0.4, -0.2) is 25.6 Å². The molecule has 0 bridgehead atoms. The van der Waals surface area contributed by atoms with Crippen LogP contribution in [-0.2, 0) is 7.05 Å². The Bertz CT molecular complexity index is 701. The zero-order valence-corrected chi connectivity index (χ0v) is 10.9. The number of nitro benzene ring substituents is 1. The van der Waals surface area contributed by atoms with Crippen molar-refractivity contribution in [1.29, 1.82) is 0 Å². The number of halogens is 1. The van der Waals surface area contributed by atoms with Crippen molar-refractivity contribution in [2.75, 3.05) is 0 Å². The van der Waals surface area contributed by atoms with Gasteiger partial charge in [-0.2, -0.15) is 0 Å². The van der Waals surface area contributed by atoms with Crippen molar-refractivity contribution in [2.45, 2.75) is 10.1 Å². The molecule has 1 aromatic carbocycles. The molecule has 0 radical (unpaired) electrons. The predicted molar refractivity (Wildman–Crippen MR) is 67.3 cm³/mol. The van der Waals surface area contributed by atoms with E-state index in [-0.39, 0.29) is 4.90 Å². The van der Waals surface area contributed by atoms with Crippen molar-refractivity contribution >= 4 is 23.4 Å². The summed E-state index contributed by atoms with van der Waals surface area (Å²) in [5.41, 5.74) is -1.34. The molecule has 0 aliphatic rings. The fourth-order valence-electron chi connectivity index (χ4n) is 1.49. The first kappa shape index (κ1) is 14.0. The number of carboxylic acid groups (broad SMARTS) is 1. The van der Waals surface area contributed by atoms with Crippen LogP contribution in [0.5, 0.6) is 0 Å². The summed E-state index contributed by atoms with van der Waals surface area (Å²) in [7, 11) is 1.69. The fourth-order valence-corrected chi connectivity index (χ4v) is 2.34. The fraction of sp³-hybridized carbons (Fsp3) is 0.0909. The van der Waals surface area contributed by atoms with Gasteiger partial charge in [-0.3, -0.25) is 10.1 Å². The molecule has 0 saturated carbocycles. The van der Waals surface area contributed by atoms with Gasteiger partial charge >= 0.3 is 5.97 Å². The van der Waals surface area contributed by atoms with Crippen LogP contribution in [0.25, 0.3) is 0 Å². The second kappa shape index (κ2) is 5.29. The molecule has 20 heavy (non-hydrogen) atoms. The van der Waals surface area contributed by atoms with Crippen molar-refractivity contribution in [1.82, 2.24) is 9.55 Å². The molecule has 0 saturated heterocycles. The normalized spacial score (nSPS) is 10.5. The molecule has 1 aromatic heterocycles. The molecule has 104 valence electrons. The van der Waals surface area contributed by atoms with E-state index in [1.165, 1.54) is 6.20 Å². The Hall–Kier alpha value is -2.42. The summed E-state index contributed by atoms with van der Waals surface area (Å²) in [4.78, 5) is 24.7. The van der Waals surface area contributed by atoms with Crippen LogP contribution in [0.15, 0.2) is 34.6 Å². The lowest BCUT2D eigenvalue weighted by Gasteiger charge is -2.05. The third kappa shape index (κ3) is 2.62. The standard InChI is InChI=1S/C11H8FN3O4S/c1-14-3-2-13-11(14)20-9-4-6(10(16)17)8(15(18)19)5-7(9)12/h2-5H,1H3,(H,16,17). The smallest absolute Gasteiger partial charge is 0.342 e. The van der Waals surface area contributed by atoms with E-state index in [9.17, 15) is 19.3 Å². The average Bonchev–Trinajstić information content (AvgIpc) is 2.76. The van der Waals surface area contributed by atoms with Crippen LogP contribution in [0.2, 0.25) is 0 Å². The van der Waals surface area contributed by atoms with Gasteiger partial charge in [0.1, 0.15) is 11.4 Å². The number of aryl methyl sites for hydroxylation is 1. The summed E-state index contributed by atoms with van der Waals surface area (Å²) in [5.74, 6) is -2.35. The van der Waals surface area contributed by atoms with E-state index < -0.39 is 28.0 Å². The Balaban J connectivity index is 2.50. The molecule has 1 N–H and O–H groups in total. The van der Waals surface area contributed by atoms with E-state index in [0.717, 1.165) is 17.8 Å². The minimum Gasteiger partial charge on any atom is -0.477 e. The zero-order chi connectivity index (χ0) is 14.9. The first-order valence-electron chi connectivity index (χ1n) is 5.26. The van der Waals surface area contributed by atoms with E-state index >= 15 is 0 Å².